The molecule has 0 spiro atoms. The number of anilines is 1. The van der Waals surface area contributed by atoms with E-state index in [2.05, 4.69) is 10.6 Å². The van der Waals surface area contributed by atoms with Crippen LogP contribution < -0.4 is 10.6 Å². The van der Waals surface area contributed by atoms with Gasteiger partial charge < -0.3 is 10.6 Å². The van der Waals surface area contributed by atoms with Crippen molar-refractivity contribution in [3.8, 4) is 0 Å². The van der Waals surface area contributed by atoms with Crippen LogP contribution in [0.4, 0.5) is 11.4 Å². The molecule has 1 heterocycles. The van der Waals surface area contributed by atoms with Gasteiger partial charge in [0.2, 0.25) is 0 Å². The summed E-state index contributed by atoms with van der Waals surface area (Å²) in [6.07, 6.45) is 3.58. The summed E-state index contributed by atoms with van der Waals surface area (Å²) in [5, 5.41) is 17.3. The molecule has 5 heteroatoms. The van der Waals surface area contributed by atoms with E-state index in [-0.39, 0.29) is 10.6 Å². The number of nitro benzene ring substituents is 1. The maximum absolute atomic E-state index is 10.5. The third kappa shape index (κ3) is 3.42. The minimum Gasteiger partial charge on any atom is -0.381 e. The Morgan fingerprint density at radius 1 is 1.29 bits per heavy atom. The van der Waals surface area contributed by atoms with Gasteiger partial charge in [-0.15, -0.1) is 0 Å². The fourth-order valence-corrected chi connectivity index (χ4v) is 2.06. The predicted molar refractivity (Wildman–Crippen MR) is 67.2 cm³/mol. The summed E-state index contributed by atoms with van der Waals surface area (Å²) in [4.78, 5) is 10.1. The topological polar surface area (TPSA) is 67.2 Å². The summed E-state index contributed by atoms with van der Waals surface area (Å²) in [5.74, 6) is 0. The lowest BCUT2D eigenvalue weighted by molar-refractivity contribution is -0.384. The van der Waals surface area contributed by atoms with Crippen molar-refractivity contribution in [2.45, 2.75) is 25.3 Å². The van der Waals surface area contributed by atoms with E-state index in [1.165, 1.54) is 25.0 Å². The van der Waals surface area contributed by atoms with Crippen LogP contribution in [0.15, 0.2) is 24.3 Å². The Balaban J connectivity index is 1.95. The molecule has 5 nitrogen and oxygen atoms in total. The zero-order valence-corrected chi connectivity index (χ0v) is 9.69. The maximum atomic E-state index is 10.5. The highest BCUT2D eigenvalue weighted by Gasteiger charge is 2.11. The molecule has 0 aliphatic carbocycles. The molecule has 1 unspecified atom stereocenters. The molecular weight excluding hydrogens is 218 g/mol. The molecule has 1 aromatic rings. The van der Waals surface area contributed by atoms with Crippen molar-refractivity contribution in [2.24, 2.45) is 0 Å². The molecule has 2 N–H and O–H groups in total. The van der Waals surface area contributed by atoms with Gasteiger partial charge in [-0.1, -0.05) is 6.42 Å². The van der Waals surface area contributed by atoms with E-state index in [0.717, 1.165) is 25.2 Å². The lowest BCUT2D eigenvalue weighted by atomic mass is 10.1. The standard InChI is InChI=1S/C12H17N3O2/c16-15(17)12-6-4-10(5-7-12)14-11-3-1-2-8-13-9-11/h4-7,11,13-14H,1-3,8-9H2. The second-order valence-electron chi connectivity index (χ2n) is 4.35. The zero-order valence-electron chi connectivity index (χ0n) is 9.69. The SMILES string of the molecule is O=[N+]([O-])c1ccc(NC2CCCCNC2)cc1. The molecule has 17 heavy (non-hydrogen) atoms. The highest BCUT2D eigenvalue weighted by Crippen LogP contribution is 2.17. The molecule has 0 radical (unpaired) electrons. The van der Waals surface area contributed by atoms with Gasteiger partial charge in [-0.05, 0) is 31.5 Å². The molecule has 1 fully saturated rings. The summed E-state index contributed by atoms with van der Waals surface area (Å²) >= 11 is 0. The highest BCUT2D eigenvalue weighted by atomic mass is 16.6. The van der Waals surface area contributed by atoms with Crippen molar-refractivity contribution < 1.29 is 4.92 Å². The van der Waals surface area contributed by atoms with Crippen molar-refractivity contribution in [1.29, 1.82) is 0 Å². The van der Waals surface area contributed by atoms with E-state index in [1.54, 1.807) is 12.1 Å². The lowest BCUT2D eigenvalue weighted by Gasteiger charge is -2.17. The van der Waals surface area contributed by atoms with Crippen molar-refractivity contribution >= 4 is 11.4 Å². The van der Waals surface area contributed by atoms with Gasteiger partial charge in [0.25, 0.3) is 5.69 Å². The summed E-state index contributed by atoms with van der Waals surface area (Å²) in [5.41, 5.74) is 1.08. The summed E-state index contributed by atoms with van der Waals surface area (Å²) in [6, 6.07) is 7.02. The van der Waals surface area contributed by atoms with Crippen LogP contribution in [0.1, 0.15) is 19.3 Å². The third-order valence-electron chi connectivity index (χ3n) is 3.00. The van der Waals surface area contributed by atoms with E-state index in [1.807, 2.05) is 0 Å². The van der Waals surface area contributed by atoms with Crippen LogP contribution in [0.25, 0.3) is 0 Å². The highest BCUT2D eigenvalue weighted by molar-refractivity contribution is 5.49. The number of nitrogens with one attached hydrogen (secondary N) is 2. The lowest BCUT2D eigenvalue weighted by Crippen LogP contribution is -2.30. The van der Waals surface area contributed by atoms with Crippen LogP contribution in [0.5, 0.6) is 0 Å². The van der Waals surface area contributed by atoms with Gasteiger partial charge in [-0.3, -0.25) is 10.1 Å². The molecule has 1 aliphatic rings. The van der Waals surface area contributed by atoms with Gasteiger partial charge in [0.15, 0.2) is 0 Å². The summed E-state index contributed by atoms with van der Waals surface area (Å²) < 4.78 is 0. The molecule has 1 atom stereocenters. The second kappa shape index (κ2) is 5.63. The molecule has 1 aliphatic heterocycles. The van der Waals surface area contributed by atoms with Gasteiger partial charge in [0.1, 0.15) is 0 Å². The van der Waals surface area contributed by atoms with Gasteiger partial charge >= 0.3 is 0 Å². The van der Waals surface area contributed by atoms with Crippen molar-refractivity contribution in [1.82, 2.24) is 5.32 Å². The first kappa shape index (κ1) is 11.9. The number of benzene rings is 1. The number of nitrogens with zero attached hydrogens (tertiary/aromatic N) is 1. The Kier molecular flexibility index (Phi) is 3.93. The van der Waals surface area contributed by atoms with Crippen LogP contribution in [0, 0.1) is 10.1 Å². The molecule has 1 saturated heterocycles. The van der Waals surface area contributed by atoms with E-state index in [9.17, 15) is 10.1 Å². The van der Waals surface area contributed by atoms with Gasteiger partial charge in [0.05, 0.1) is 4.92 Å². The fraction of sp³-hybridized carbons (Fsp3) is 0.500. The fourth-order valence-electron chi connectivity index (χ4n) is 2.06. The molecule has 92 valence electrons. The molecule has 1 aromatic carbocycles. The number of hydrogen-bond donors (Lipinski definition) is 2. The van der Waals surface area contributed by atoms with E-state index in [4.69, 9.17) is 0 Å². The molecule has 2 rings (SSSR count). The van der Waals surface area contributed by atoms with Crippen LogP contribution in [0.2, 0.25) is 0 Å². The van der Waals surface area contributed by atoms with Crippen molar-refractivity contribution in [2.75, 3.05) is 18.4 Å². The average Bonchev–Trinajstić information content (AvgIpc) is 2.58. The molecule has 0 amide bonds. The first-order valence-electron chi connectivity index (χ1n) is 5.97. The Morgan fingerprint density at radius 3 is 2.76 bits per heavy atom. The normalized spacial score (nSPS) is 20.6. The Labute approximate surface area is 100 Å². The largest absolute Gasteiger partial charge is 0.381 e. The van der Waals surface area contributed by atoms with Crippen LogP contribution in [0.3, 0.4) is 0 Å². The number of non-ortho nitro benzene ring substituents is 1. The number of rotatable bonds is 3. The Bertz CT molecular complexity index is 370. The predicted octanol–water partition coefficient (Wildman–Crippen LogP) is 2.15. The van der Waals surface area contributed by atoms with Crippen molar-refractivity contribution in [3.05, 3.63) is 34.4 Å². The third-order valence-corrected chi connectivity index (χ3v) is 3.00. The number of nitro groups is 1. The Morgan fingerprint density at radius 2 is 2.06 bits per heavy atom. The van der Waals surface area contributed by atoms with E-state index < -0.39 is 0 Å². The molecular formula is C12H17N3O2. The van der Waals surface area contributed by atoms with Crippen LogP contribution in [-0.4, -0.2) is 24.1 Å². The van der Waals surface area contributed by atoms with Gasteiger partial charge in [-0.25, -0.2) is 0 Å². The average molecular weight is 235 g/mol. The molecule has 0 saturated carbocycles. The first-order chi connectivity index (χ1) is 8.25. The van der Waals surface area contributed by atoms with E-state index in [0.29, 0.717) is 6.04 Å². The Hall–Kier alpha value is -1.62. The van der Waals surface area contributed by atoms with Crippen LogP contribution >= 0.6 is 0 Å². The molecule has 0 bridgehead atoms. The van der Waals surface area contributed by atoms with Crippen molar-refractivity contribution in [3.63, 3.8) is 0 Å². The quantitative estimate of drug-likeness (QED) is 0.622. The smallest absolute Gasteiger partial charge is 0.269 e. The summed E-state index contributed by atoms with van der Waals surface area (Å²) in [6.45, 7) is 2.04. The van der Waals surface area contributed by atoms with Gasteiger partial charge in [0, 0.05) is 30.4 Å². The van der Waals surface area contributed by atoms with Crippen LogP contribution in [-0.2, 0) is 0 Å². The molecule has 0 aromatic heterocycles. The zero-order chi connectivity index (χ0) is 12.1. The second-order valence-corrected chi connectivity index (χ2v) is 4.35. The monoisotopic (exact) mass is 235 g/mol. The number of hydrogen-bond acceptors (Lipinski definition) is 4. The minimum absolute atomic E-state index is 0.134. The maximum Gasteiger partial charge on any atom is 0.269 e. The minimum atomic E-state index is -0.378. The summed E-state index contributed by atoms with van der Waals surface area (Å²) in [7, 11) is 0. The first-order valence-corrected chi connectivity index (χ1v) is 5.97. The van der Waals surface area contributed by atoms with Gasteiger partial charge in [-0.2, -0.15) is 0 Å². The van der Waals surface area contributed by atoms with E-state index >= 15 is 0 Å².